The second-order valence-electron chi connectivity index (χ2n) is 3.80. The van der Waals surface area contributed by atoms with Crippen LogP contribution in [0, 0.1) is 0 Å². The molecule has 0 saturated heterocycles. The first-order chi connectivity index (χ1) is 8.38. The van der Waals surface area contributed by atoms with Crippen LogP contribution in [-0.2, 0) is 0 Å². The first-order valence-corrected chi connectivity index (χ1v) is 5.46. The summed E-state index contributed by atoms with van der Waals surface area (Å²) in [5.41, 5.74) is 4.91. The molecule has 2 aromatic heterocycles. The van der Waals surface area contributed by atoms with E-state index in [9.17, 15) is 0 Å². The van der Waals surface area contributed by atoms with Crippen LogP contribution in [0.1, 0.15) is 0 Å². The van der Waals surface area contributed by atoms with Gasteiger partial charge in [0.25, 0.3) is 0 Å². The van der Waals surface area contributed by atoms with Gasteiger partial charge in [0, 0.05) is 24.5 Å². The van der Waals surface area contributed by atoms with E-state index in [1.54, 1.807) is 6.20 Å². The maximum atomic E-state index is 4.35. The molecule has 0 bridgehead atoms. The number of rotatable bonds is 2. The van der Waals surface area contributed by atoms with E-state index in [1.807, 2.05) is 43.4 Å². The molecule has 0 aliphatic heterocycles. The van der Waals surface area contributed by atoms with E-state index in [0.29, 0.717) is 0 Å². The summed E-state index contributed by atoms with van der Waals surface area (Å²) in [5.74, 6) is 0. The fourth-order valence-corrected chi connectivity index (χ4v) is 1.85. The van der Waals surface area contributed by atoms with Gasteiger partial charge in [-0.2, -0.15) is 5.10 Å². The highest BCUT2D eigenvalue weighted by Crippen LogP contribution is 2.25. The molecule has 0 aliphatic rings. The van der Waals surface area contributed by atoms with Crippen molar-refractivity contribution in [1.29, 1.82) is 0 Å². The number of anilines is 1. The molecule has 3 rings (SSSR count). The summed E-state index contributed by atoms with van der Waals surface area (Å²) in [5, 5.41) is 10.4. The Morgan fingerprint density at radius 2 is 1.94 bits per heavy atom. The predicted octanol–water partition coefficient (Wildman–Crippen LogP) is 2.67. The summed E-state index contributed by atoms with van der Waals surface area (Å²) in [4.78, 5) is 4.35. The van der Waals surface area contributed by atoms with E-state index in [1.165, 1.54) is 0 Å². The lowest BCUT2D eigenvalue weighted by atomic mass is 10.1. The van der Waals surface area contributed by atoms with Gasteiger partial charge in [-0.25, -0.2) is 0 Å². The monoisotopic (exact) mass is 224 g/mol. The fraction of sp³-hybridized carbons (Fsp3) is 0.0769. The number of hydrogen-bond donors (Lipinski definition) is 2. The average Bonchev–Trinajstić information content (AvgIpc) is 2.83. The molecule has 0 fully saturated rings. The second-order valence-corrected chi connectivity index (χ2v) is 3.80. The second kappa shape index (κ2) is 3.90. The molecular formula is C13H12N4. The van der Waals surface area contributed by atoms with Gasteiger partial charge in [-0.15, -0.1) is 0 Å². The Bertz CT molecular complexity index is 640. The van der Waals surface area contributed by atoms with Crippen molar-refractivity contribution >= 4 is 16.7 Å². The maximum absolute atomic E-state index is 4.35. The van der Waals surface area contributed by atoms with E-state index in [4.69, 9.17) is 0 Å². The normalized spacial score (nSPS) is 10.6. The van der Waals surface area contributed by atoms with Gasteiger partial charge in [-0.3, -0.25) is 10.1 Å². The van der Waals surface area contributed by atoms with Crippen molar-refractivity contribution in [3.63, 3.8) is 0 Å². The van der Waals surface area contributed by atoms with Crippen molar-refractivity contribution in [2.24, 2.45) is 0 Å². The predicted molar refractivity (Wildman–Crippen MR) is 68.9 cm³/mol. The van der Waals surface area contributed by atoms with Crippen LogP contribution in [0.3, 0.4) is 0 Å². The zero-order valence-corrected chi connectivity index (χ0v) is 9.44. The summed E-state index contributed by atoms with van der Waals surface area (Å²) < 4.78 is 0. The van der Waals surface area contributed by atoms with Gasteiger partial charge in [0.2, 0.25) is 0 Å². The number of fused-ring (bicyclic) bond motifs is 1. The number of aromatic amines is 1. The molecule has 4 nitrogen and oxygen atoms in total. The lowest BCUT2D eigenvalue weighted by Gasteiger charge is -2.01. The van der Waals surface area contributed by atoms with Crippen LogP contribution in [0.4, 0.5) is 5.69 Å². The van der Waals surface area contributed by atoms with Crippen molar-refractivity contribution in [3.8, 4) is 11.3 Å². The molecule has 0 aliphatic carbocycles. The molecule has 0 atom stereocenters. The molecule has 84 valence electrons. The minimum Gasteiger partial charge on any atom is -0.388 e. The van der Waals surface area contributed by atoms with Crippen LogP contribution in [0.15, 0.2) is 42.6 Å². The molecule has 0 saturated carbocycles. The highest BCUT2D eigenvalue weighted by Gasteiger charge is 2.08. The topological polar surface area (TPSA) is 53.6 Å². The Morgan fingerprint density at radius 3 is 2.71 bits per heavy atom. The third-order valence-electron chi connectivity index (χ3n) is 2.77. The summed E-state index contributed by atoms with van der Waals surface area (Å²) in [6.45, 7) is 0. The summed E-state index contributed by atoms with van der Waals surface area (Å²) >= 11 is 0. The number of benzene rings is 1. The van der Waals surface area contributed by atoms with Crippen molar-refractivity contribution in [2.45, 2.75) is 0 Å². The zero-order chi connectivity index (χ0) is 11.7. The Morgan fingerprint density at radius 1 is 1.12 bits per heavy atom. The van der Waals surface area contributed by atoms with Crippen molar-refractivity contribution in [3.05, 3.63) is 42.6 Å². The molecule has 0 radical (unpaired) electrons. The molecule has 0 amide bonds. The van der Waals surface area contributed by atoms with Gasteiger partial charge >= 0.3 is 0 Å². The Balaban J connectivity index is 2.13. The van der Waals surface area contributed by atoms with E-state index in [0.717, 1.165) is 28.0 Å². The summed E-state index contributed by atoms with van der Waals surface area (Å²) in [7, 11) is 1.90. The van der Waals surface area contributed by atoms with Crippen molar-refractivity contribution < 1.29 is 0 Å². The lowest BCUT2D eigenvalue weighted by Crippen LogP contribution is -1.87. The highest BCUT2D eigenvalue weighted by molar-refractivity contribution is 5.89. The minimum atomic E-state index is 0.892. The Labute approximate surface area is 98.7 Å². The van der Waals surface area contributed by atoms with Gasteiger partial charge < -0.3 is 5.32 Å². The molecule has 1 aromatic carbocycles. The first kappa shape index (κ1) is 9.84. The zero-order valence-electron chi connectivity index (χ0n) is 9.44. The highest BCUT2D eigenvalue weighted by atomic mass is 15.1. The molecule has 17 heavy (non-hydrogen) atoms. The number of nitrogens with one attached hydrogen (secondary N) is 2. The smallest absolute Gasteiger partial charge is 0.118 e. The van der Waals surface area contributed by atoms with Crippen LogP contribution >= 0.6 is 0 Å². The number of aromatic nitrogens is 3. The van der Waals surface area contributed by atoms with Gasteiger partial charge in [-0.05, 0) is 24.3 Å². The van der Waals surface area contributed by atoms with Crippen LogP contribution in [0.5, 0.6) is 0 Å². The lowest BCUT2D eigenvalue weighted by molar-refractivity contribution is 1.12. The van der Waals surface area contributed by atoms with E-state index in [2.05, 4.69) is 20.5 Å². The SMILES string of the molecule is CNc1ccc(-c2n[nH]c3cccnc23)cc1. The number of nitrogens with zero attached hydrogens (tertiary/aromatic N) is 2. The van der Waals surface area contributed by atoms with Gasteiger partial charge in [0.15, 0.2) is 0 Å². The van der Waals surface area contributed by atoms with Crippen LogP contribution < -0.4 is 5.32 Å². The van der Waals surface area contributed by atoms with E-state index >= 15 is 0 Å². The molecule has 2 N–H and O–H groups in total. The maximum Gasteiger partial charge on any atom is 0.118 e. The molecule has 2 heterocycles. The van der Waals surface area contributed by atoms with Crippen LogP contribution in [-0.4, -0.2) is 22.2 Å². The van der Waals surface area contributed by atoms with Gasteiger partial charge in [0.1, 0.15) is 11.2 Å². The Kier molecular flexibility index (Phi) is 2.26. The van der Waals surface area contributed by atoms with Crippen molar-refractivity contribution in [2.75, 3.05) is 12.4 Å². The van der Waals surface area contributed by atoms with Gasteiger partial charge in [0.05, 0.1) is 5.52 Å². The largest absolute Gasteiger partial charge is 0.388 e. The van der Waals surface area contributed by atoms with Crippen LogP contribution in [0.25, 0.3) is 22.3 Å². The standard InChI is InChI=1S/C13H12N4/c1-14-10-6-4-9(5-7-10)12-13-11(16-17-12)3-2-8-15-13/h2-8,14H,1H3,(H,16,17). The minimum absolute atomic E-state index is 0.892. The average molecular weight is 224 g/mol. The number of pyridine rings is 1. The van der Waals surface area contributed by atoms with E-state index < -0.39 is 0 Å². The number of hydrogen-bond acceptors (Lipinski definition) is 3. The van der Waals surface area contributed by atoms with Crippen LogP contribution in [0.2, 0.25) is 0 Å². The summed E-state index contributed by atoms with van der Waals surface area (Å²) in [6.07, 6.45) is 1.78. The third-order valence-corrected chi connectivity index (χ3v) is 2.77. The number of H-pyrrole nitrogens is 1. The van der Waals surface area contributed by atoms with E-state index in [-0.39, 0.29) is 0 Å². The quantitative estimate of drug-likeness (QED) is 0.703. The van der Waals surface area contributed by atoms with Gasteiger partial charge in [-0.1, -0.05) is 12.1 Å². The fourth-order valence-electron chi connectivity index (χ4n) is 1.85. The first-order valence-electron chi connectivity index (χ1n) is 5.46. The third kappa shape index (κ3) is 1.63. The molecule has 0 spiro atoms. The molecule has 0 unspecified atom stereocenters. The summed E-state index contributed by atoms with van der Waals surface area (Å²) in [6, 6.07) is 12.0. The molecular weight excluding hydrogens is 212 g/mol. The Hall–Kier alpha value is -2.36. The molecule has 3 aromatic rings. The molecule has 4 heteroatoms. The van der Waals surface area contributed by atoms with Crippen molar-refractivity contribution in [1.82, 2.24) is 15.2 Å².